The van der Waals surface area contributed by atoms with Gasteiger partial charge in [0.1, 0.15) is 0 Å². The van der Waals surface area contributed by atoms with Crippen molar-refractivity contribution in [3.05, 3.63) is 78.4 Å². The van der Waals surface area contributed by atoms with Crippen molar-refractivity contribution in [2.45, 2.75) is 26.4 Å². The molecule has 2 aromatic carbocycles. The summed E-state index contributed by atoms with van der Waals surface area (Å²) in [7, 11) is 0. The Morgan fingerprint density at radius 2 is 1.65 bits per heavy atom. The van der Waals surface area contributed by atoms with E-state index in [9.17, 15) is 0 Å². The van der Waals surface area contributed by atoms with E-state index in [0.29, 0.717) is 0 Å². The molecule has 0 aliphatic rings. The monoisotopic (exact) mass is 305 g/mol. The highest BCUT2D eigenvalue weighted by Crippen LogP contribution is 2.20. The number of nitrogens with one attached hydrogen (secondary N) is 1. The normalized spacial score (nSPS) is 10.8. The predicted octanol–water partition coefficient (Wildman–Crippen LogP) is 4.04. The fourth-order valence-electron chi connectivity index (χ4n) is 2.60. The summed E-state index contributed by atoms with van der Waals surface area (Å²) < 4.78 is 2.11. The summed E-state index contributed by atoms with van der Waals surface area (Å²) in [5.74, 6) is 0. The van der Waals surface area contributed by atoms with Gasteiger partial charge in [0.25, 0.3) is 0 Å². The number of aromatic nitrogens is 2. The van der Waals surface area contributed by atoms with Gasteiger partial charge in [0.05, 0.1) is 6.33 Å². The molecule has 0 atom stereocenters. The fourth-order valence-corrected chi connectivity index (χ4v) is 2.60. The van der Waals surface area contributed by atoms with E-state index in [-0.39, 0.29) is 0 Å². The van der Waals surface area contributed by atoms with Crippen LogP contribution in [0.4, 0.5) is 0 Å². The van der Waals surface area contributed by atoms with E-state index in [1.165, 1.54) is 22.3 Å². The van der Waals surface area contributed by atoms with Crippen molar-refractivity contribution in [1.29, 1.82) is 0 Å². The second-order valence-electron chi connectivity index (χ2n) is 5.89. The van der Waals surface area contributed by atoms with E-state index in [1.54, 1.807) is 0 Å². The Bertz CT molecular complexity index is 698. The zero-order valence-electron chi connectivity index (χ0n) is 13.6. The molecule has 0 saturated carbocycles. The van der Waals surface area contributed by atoms with Crippen molar-refractivity contribution in [2.75, 3.05) is 6.54 Å². The highest BCUT2D eigenvalue weighted by Gasteiger charge is 1.98. The van der Waals surface area contributed by atoms with Gasteiger partial charge in [-0.2, -0.15) is 0 Å². The van der Waals surface area contributed by atoms with Crippen LogP contribution < -0.4 is 5.32 Å². The predicted molar refractivity (Wildman–Crippen MR) is 95.2 cm³/mol. The second kappa shape index (κ2) is 7.75. The fraction of sp³-hybridized carbons (Fsp3) is 0.250. The van der Waals surface area contributed by atoms with E-state index in [4.69, 9.17) is 0 Å². The molecule has 0 saturated heterocycles. The molecule has 3 rings (SSSR count). The maximum absolute atomic E-state index is 4.05. The van der Waals surface area contributed by atoms with Gasteiger partial charge in [-0.05, 0) is 36.6 Å². The number of aryl methyl sites for hydroxylation is 2. The van der Waals surface area contributed by atoms with E-state index >= 15 is 0 Å². The lowest BCUT2D eigenvalue weighted by Crippen LogP contribution is -2.16. The van der Waals surface area contributed by atoms with Crippen molar-refractivity contribution >= 4 is 0 Å². The van der Waals surface area contributed by atoms with Crippen molar-refractivity contribution in [1.82, 2.24) is 14.9 Å². The first-order chi connectivity index (χ1) is 11.3. The maximum Gasteiger partial charge on any atom is 0.0945 e. The Kier molecular flexibility index (Phi) is 5.22. The van der Waals surface area contributed by atoms with Gasteiger partial charge >= 0.3 is 0 Å². The molecule has 0 aliphatic heterocycles. The van der Waals surface area contributed by atoms with E-state index < -0.39 is 0 Å². The quantitative estimate of drug-likeness (QED) is 0.668. The van der Waals surface area contributed by atoms with Crippen LogP contribution in [0.3, 0.4) is 0 Å². The molecular weight excluding hydrogens is 282 g/mol. The van der Waals surface area contributed by atoms with Crippen LogP contribution in [0.5, 0.6) is 0 Å². The molecule has 0 unspecified atom stereocenters. The largest absolute Gasteiger partial charge is 0.337 e. The summed E-state index contributed by atoms with van der Waals surface area (Å²) in [5, 5.41) is 3.50. The number of imidazole rings is 1. The van der Waals surface area contributed by atoms with Crippen LogP contribution in [0, 0.1) is 6.92 Å². The first-order valence-electron chi connectivity index (χ1n) is 8.14. The molecule has 0 fully saturated rings. The van der Waals surface area contributed by atoms with Crippen molar-refractivity contribution in [3.63, 3.8) is 0 Å². The van der Waals surface area contributed by atoms with Gasteiger partial charge in [-0.1, -0.05) is 54.1 Å². The lowest BCUT2D eigenvalue weighted by atomic mass is 10.0. The molecule has 3 nitrogen and oxygen atoms in total. The second-order valence-corrected chi connectivity index (χ2v) is 5.89. The summed E-state index contributed by atoms with van der Waals surface area (Å²) >= 11 is 0. The molecule has 0 amide bonds. The molecular formula is C20H23N3. The number of benzene rings is 2. The number of rotatable bonds is 7. The third-order valence-corrected chi connectivity index (χ3v) is 4.00. The van der Waals surface area contributed by atoms with Crippen molar-refractivity contribution < 1.29 is 0 Å². The van der Waals surface area contributed by atoms with E-state index in [0.717, 1.165) is 26.1 Å². The summed E-state index contributed by atoms with van der Waals surface area (Å²) in [6, 6.07) is 17.5. The van der Waals surface area contributed by atoms with Crippen LogP contribution in [-0.4, -0.2) is 16.1 Å². The Morgan fingerprint density at radius 3 is 2.30 bits per heavy atom. The minimum Gasteiger partial charge on any atom is -0.337 e. The average molecular weight is 305 g/mol. The first-order valence-corrected chi connectivity index (χ1v) is 8.14. The maximum atomic E-state index is 4.05. The molecule has 1 heterocycles. The Hall–Kier alpha value is -2.39. The van der Waals surface area contributed by atoms with Gasteiger partial charge in [-0.25, -0.2) is 4.98 Å². The van der Waals surface area contributed by atoms with Crippen LogP contribution in [0.25, 0.3) is 11.1 Å². The third-order valence-electron chi connectivity index (χ3n) is 4.00. The molecule has 1 N–H and O–H groups in total. The zero-order chi connectivity index (χ0) is 15.9. The molecule has 0 bridgehead atoms. The van der Waals surface area contributed by atoms with E-state index in [1.807, 2.05) is 18.7 Å². The summed E-state index contributed by atoms with van der Waals surface area (Å²) in [6.07, 6.45) is 6.80. The van der Waals surface area contributed by atoms with Crippen molar-refractivity contribution in [2.24, 2.45) is 0 Å². The smallest absolute Gasteiger partial charge is 0.0945 e. The van der Waals surface area contributed by atoms with Gasteiger partial charge in [-0.3, -0.25) is 0 Å². The van der Waals surface area contributed by atoms with Crippen LogP contribution in [-0.2, 0) is 13.1 Å². The summed E-state index contributed by atoms with van der Waals surface area (Å²) in [4.78, 5) is 4.05. The molecule has 0 spiro atoms. The van der Waals surface area contributed by atoms with Gasteiger partial charge in [0.2, 0.25) is 0 Å². The first kappa shape index (κ1) is 15.5. The third kappa shape index (κ3) is 4.54. The standard InChI is InChI=1S/C20H23N3/c1-17-3-7-19(8-4-17)20-9-5-18(6-10-20)15-21-11-2-13-23-14-12-22-16-23/h3-10,12,14,16,21H,2,11,13,15H2,1H3. The number of hydrogen-bond acceptors (Lipinski definition) is 2. The minimum atomic E-state index is 0.915. The Labute approximate surface area is 138 Å². The zero-order valence-corrected chi connectivity index (χ0v) is 13.6. The number of nitrogens with zero attached hydrogens (tertiary/aromatic N) is 2. The molecule has 0 radical (unpaired) electrons. The summed E-state index contributed by atoms with van der Waals surface area (Å²) in [6.45, 7) is 5.06. The molecule has 118 valence electrons. The van der Waals surface area contributed by atoms with Crippen LogP contribution in [0.1, 0.15) is 17.5 Å². The molecule has 23 heavy (non-hydrogen) atoms. The summed E-state index contributed by atoms with van der Waals surface area (Å²) in [5.41, 5.74) is 5.16. The van der Waals surface area contributed by atoms with Crippen LogP contribution >= 0.6 is 0 Å². The Balaban J connectivity index is 1.45. The van der Waals surface area contributed by atoms with Gasteiger partial charge in [0, 0.05) is 25.5 Å². The van der Waals surface area contributed by atoms with Gasteiger partial charge in [-0.15, -0.1) is 0 Å². The highest BCUT2D eigenvalue weighted by molar-refractivity contribution is 5.63. The van der Waals surface area contributed by atoms with Crippen LogP contribution in [0.2, 0.25) is 0 Å². The molecule has 3 heteroatoms. The topological polar surface area (TPSA) is 29.9 Å². The van der Waals surface area contributed by atoms with Gasteiger partial charge in [0.15, 0.2) is 0 Å². The average Bonchev–Trinajstić information content (AvgIpc) is 3.09. The Morgan fingerprint density at radius 1 is 0.957 bits per heavy atom. The SMILES string of the molecule is Cc1ccc(-c2ccc(CNCCCn3ccnc3)cc2)cc1. The van der Waals surface area contributed by atoms with E-state index in [2.05, 4.69) is 70.3 Å². The molecule has 1 aromatic heterocycles. The van der Waals surface area contributed by atoms with Crippen LogP contribution in [0.15, 0.2) is 67.3 Å². The lowest BCUT2D eigenvalue weighted by molar-refractivity contribution is 0.581. The molecule has 0 aliphatic carbocycles. The lowest BCUT2D eigenvalue weighted by Gasteiger charge is -2.07. The highest BCUT2D eigenvalue weighted by atomic mass is 15.0. The molecule has 3 aromatic rings. The number of hydrogen-bond donors (Lipinski definition) is 1. The minimum absolute atomic E-state index is 0.915. The van der Waals surface area contributed by atoms with Gasteiger partial charge < -0.3 is 9.88 Å². The van der Waals surface area contributed by atoms with Crippen molar-refractivity contribution in [3.8, 4) is 11.1 Å².